The van der Waals surface area contributed by atoms with E-state index in [9.17, 15) is 14.4 Å². The first-order valence-electron chi connectivity index (χ1n) is 8.19. The Morgan fingerprint density at radius 2 is 2.00 bits per heavy atom. The summed E-state index contributed by atoms with van der Waals surface area (Å²) >= 11 is 0. The van der Waals surface area contributed by atoms with Crippen molar-refractivity contribution in [2.75, 3.05) is 7.05 Å². The molecular formula is C19H20N2O4. The van der Waals surface area contributed by atoms with Crippen molar-refractivity contribution >= 4 is 17.7 Å². The van der Waals surface area contributed by atoms with E-state index in [-0.39, 0.29) is 36.1 Å². The molecule has 0 aliphatic carbocycles. The first-order valence-corrected chi connectivity index (χ1v) is 8.19. The van der Waals surface area contributed by atoms with Crippen LogP contribution in [-0.4, -0.2) is 29.7 Å². The van der Waals surface area contributed by atoms with Crippen molar-refractivity contribution < 1.29 is 18.8 Å². The Bertz CT molecular complexity index is 780. The van der Waals surface area contributed by atoms with E-state index in [0.717, 1.165) is 11.3 Å². The molecule has 1 aromatic carbocycles. The highest BCUT2D eigenvalue weighted by molar-refractivity contribution is 6.03. The molecule has 6 heteroatoms. The van der Waals surface area contributed by atoms with E-state index >= 15 is 0 Å². The van der Waals surface area contributed by atoms with Gasteiger partial charge in [-0.25, -0.2) is 0 Å². The molecule has 1 aliphatic rings. The van der Waals surface area contributed by atoms with Crippen molar-refractivity contribution in [3.05, 3.63) is 59.5 Å². The predicted octanol–water partition coefficient (Wildman–Crippen LogP) is 2.32. The van der Waals surface area contributed by atoms with Crippen LogP contribution in [0.3, 0.4) is 0 Å². The Labute approximate surface area is 145 Å². The summed E-state index contributed by atoms with van der Waals surface area (Å²) in [4.78, 5) is 37.1. The SMILES string of the molecule is C[C@@H](c1ccco1)N(C)C(=O)c1ccc(C[C@H]2CC(=O)NC2=O)cc1. The van der Waals surface area contributed by atoms with Gasteiger partial charge in [0.1, 0.15) is 5.76 Å². The molecule has 2 aromatic rings. The molecule has 130 valence electrons. The highest BCUT2D eigenvalue weighted by atomic mass is 16.3. The summed E-state index contributed by atoms with van der Waals surface area (Å²) in [6.45, 7) is 1.90. The number of carbonyl (C=O) groups excluding carboxylic acids is 3. The van der Waals surface area contributed by atoms with Crippen molar-refractivity contribution in [2.24, 2.45) is 5.92 Å². The van der Waals surface area contributed by atoms with Gasteiger partial charge >= 0.3 is 0 Å². The Morgan fingerprint density at radius 1 is 1.28 bits per heavy atom. The molecule has 1 aliphatic heterocycles. The van der Waals surface area contributed by atoms with Crippen molar-refractivity contribution in [3.8, 4) is 0 Å². The predicted molar refractivity (Wildman–Crippen MR) is 90.6 cm³/mol. The van der Waals surface area contributed by atoms with Gasteiger partial charge in [0.15, 0.2) is 0 Å². The van der Waals surface area contributed by atoms with E-state index in [1.165, 1.54) is 0 Å². The van der Waals surface area contributed by atoms with Crippen molar-refractivity contribution in [1.29, 1.82) is 0 Å². The van der Waals surface area contributed by atoms with Gasteiger partial charge in [-0.05, 0) is 43.2 Å². The van der Waals surface area contributed by atoms with Crippen LogP contribution in [-0.2, 0) is 16.0 Å². The zero-order chi connectivity index (χ0) is 18.0. The van der Waals surface area contributed by atoms with Gasteiger partial charge in [-0.2, -0.15) is 0 Å². The fourth-order valence-electron chi connectivity index (χ4n) is 2.94. The van der Waals surface area contributed by atoms with Gasteiger partial charge in [0, 0.05) is 19.0 Å². The average Bonchev–Trinajstić information content (AvgIpc) is 3.24. The molecule has 1 fully saturated rings. The van der Waals surface area contributed by atoms with Gasteiger partial charge in [-0.15, -0.1) is 0 Å². The summed E-state index contributed by atoms with van der Waals surface area (Å²) < 4.78 is 5.36. The summed E-state index contributed by atoms with van der Waals surface area (Å²) in [6.07, 6.45) is 2.30. The van der Waals surface area contributed by atoms with Gasteiger partial charge < -0.3 is 9.32 Å². The number of nitrogens with zero attached hydrogens (tertiary/aromatic N) is 1. The quantitative estimate of drug-likeness (QED) is 0.847. The fourth-order valence-corrected chi connectivity index (χ4v) is 2.94. The van der Waals surface area contributed by atoms with Crippen LogP contribution in [0.25, 0.3) is 0 Å². The van der Waals surface area contributed by atoms with E-state index in [1.54, 1.807) is 36.4 Å². The van der Waals surface area contributed by atoms with Gasteiger partial charge in [-0.1, -0.05) is 12.1 Å². The fraction of sp³-hybridized carbons (Fsp3) is 0.316. The number of rotatable bonds is 5. The molecule has 0 unspecified atom stereocenters. The van der Waals surface area contributed by atoms with Gasteiger partial charge in [-0.3, -0.25) is 19.7 Å². The minimum Gasteiger partial charge on any atom is -0.467 e. The maximum atomic E-state index is 12.6. The van der Waals surface area contributed by atoms with Crippen LogP contribution in [0.4, 0.5) is 0 Å². The molecule has 1 N–H and O–H groups in total. The van der Waals surface area contributed by atoms with E-state index in [2.05, 4.69) is 5.32 Å². The third-order valence-corrected chi connectivity index (χ3v) is 4.60. The summed E-state index contributed by atoms with van der Waals surface area (Å²) in [5.74, 6) is -0.156. The van der Waals surface area contributed by atoms with Gasteiger partial charge in [0.2, 0.25) is 11.8 Å². The number of nitrogens with one attached hydrogen (secondary N) is 1. The first kappa shape index (κ1) is 17.0. The number of hydrogen-bond donors (Lipinski definition) is 1. The second-order valence-electron chi connectivity index (χ2n) is 6.32. The molecule has 0 saturated carbocycles. The van der Waals surface area contributed by atoms with Gasteiger partial charge in [0.25, 0.3) is 5.91 Å². The molecule has 1 saturated heterocycles. The maximum absolute atomic E-state index is 12.6. The van der Waals surface area contributed by atoms with Crippen LogP contribution < -0.4 is 5.32 Å². The number of benzene rings is 1. The molecule has 6 nitrogen and oxygen atoms in total. The third-order valence-electron chi connectivity index (χ3n) is 4.60. The molecule has 1 aromatic heterocycles. The second kappa shape index (κ2) is 6.93. The van der Waals surface area contributed by atoms with E-state index in [0.29, 0.717) is 12.0 Å². The average molecular weight is 340 g/mol. The normalized spacial score (nSPS) is 18.1. The highest BCUT2D eigenvalue weighted by Gasteiger charge is 2.30. The minimum atomic E-state index is -0.323. The molecule has 0 bridgehead atoms. The summed E-state index contributed by atoms with van der Waals surface area (Å²) in [7, 11) is 1.73. The number of carbonyl (C=O) groups is 3. The van der Waals surface area contributed by atoms with E-state index in [1.807, 2.05) is 25.1 Å². The standard InChI is InChI=1S/C19H20N2O4/c1-12(16-4-3-9-25-16)21(2)19(24)14-7-5-13(6-8-14)10-15-11-17(22)20-18(15)23/h3-9,12,15H,10-11H2,1-2H3,(H,20,22,23)/t12-,15-/m0/s1. The maximum Gasteiger partial charge on any atom is 0.254 e. The zero-order valence-electron chi connectivity index (χ0n) is 14.2. The Kier molecular flexibility index (Phi) is 4.70. The molecule has 0 radical (unpaired) electrons. The van der Waals surface area contributed by atoms with Crippen molar-refractivity contribution in [3.63, 3.8) is 0 Å². The van der Waals surface area contributed by atoms with Crippen LogP contribution in [0.1, 0.15) is 41.1 Å². The Morgan fingerprint density at radius 3 is 2.56 bits per heavy atom. The molecular weight excluding hydrogens is 320 g/mol. The lowest BCUT2D eigenvalue weighted by molar-refractivity contribution is -0.125. The van der Waals surface area contributed by atoms with Crippen LogP contribution in [0.2, 0.25) is 0 Å². The van der Waals surface area contributed by atoms with Crippen LogP contribution >= 0.6 is 0 Å². The lowest BCUT2D eigenvalue weighted by Crippen LogP contribution is -2.29. The highest BCUT2D eigenvalue weighted by Crippen LogP contribution is 2.22. The molecule has 2 heterocycles. The number of amides is 3. The van der Waals surface area contributed by atoms with Crippen molar-refractivity contribution in [1.82, 2.24) is 10.2 Å². The smallest absolute Gasteiger partial charge is 0.254 e. The first-order chi connectivity index (χ1) is 12.0. The number of furan rings is 1. The summed E-state index contributed by atoms with van der Waals surface area (Å²) in [5, 5.41) is 2.31. The lowest BCUT2D eigenvalue weighted by atomic mass is 9.97. The topological polar surface area (TPSA) is 79.6 Å². The molecule has 3 amide bonds. The Hall–Kier alpha value is -2.89. The van der Waals surface area contributed by atoms with Crippen LogP contribution in [0, 0.1) is 5.92 Å². The summed E-state index contributed by atoms with van der Waals surface area (Å²) in [5.41, 5.74) is 1.49. The number of hydrogen-bond acceptors (Lipinski definition) is 4. The van der Waals surface area contributed by atoms with E-state index in [4.69, 9.17) is 4.42 Å². The number of imide groups is 1. The lowest BCUT2D eigenvalue weighted by Gasteiger charge is -2.23. The Balaban J connectivity index is 1.66. The second-order valence-corrected chi connectivity index (χ2v) is 6.32. The minimum absolute atomic E-state index is 0.107. The molecule has 0 spiro atoms. The summed E-state index contributed by atoms with van der Waals surface area (Å²) in [6, 6.07) is 10.6. The third kappa shape index (κ3) is 3.63. The zero-order valence-corrected chi connectivity index (χ0v) is 14.2. The van der Waals surface area contributed by atoms with Gasteiger partial charge in [0.05, 0.1) is 18.2 Å². The monoisotopic (exact) mass is 340 g/mol. The van der Waals surface area contributed by atoms with Crippen molar-refractivity contribution in [2.45, 2.75) is 25.8 Å². The van der Waals surface area contributed by atoms with E-state index < -0.39 is 0 Å². The largest absolute Gasteiger partial charge is 0.467 e. The van der Waals surface area contributed by atoms with Crippen LogP contribution in [0.5, 0.6) is 0 Å². The molecule has 25 heavy (non-hydrogen) atoms. The molecule has 3 rings (SSSR count). The van der Waals surface area contributed by atoms with Crippen LogP contribution in [0.15, 0.2) is 47.1 Å². The molecule has 2 atom stereocenters.